The van der Waals surface area contributed by atoms with E-state index in [1.54, 1.807) is 25.2 Å². The number of aromatic nitrogens is 2. The topological polar surface area (TPSA) is 85.7 Å². The molecule has 2 atom stereocenters. The number of amides is 2. The molecule has 0 aliphatic rings. The number of hydrogen-bond acceptors (Lipinski definition) is 5. The van der Waals surface area contributed by atoms with E-state index in [0.29, 0.717) is 48.5 Å². The van der Waals surface area contributed by atoms with Crippen LogP contribution in [0.2, 0.25) is 0 Å². The average molecular weight is 501 g/mol. The first-order valence-corrected chi connectivity index (χ1v) is 13.0. The normalized spacial score (nSPS) is 12.8. The Morgan fingerprint density at radius 2 is 1.75 bits per heavy atom. The highest BCUT2D eigenvalue weighted by atomic mass is 16.5. The third kappa shape index (κ3) is 7.73. The third-order valence-corrected chi connectivity index (χ3v) is 6.38. The van der Waals surface area contributed by atoms with Gasteiger partial charge in [-0.05, 0) is 42.9 Å². The average Bonchev–Trinajstić information content (AvgIpc) is 3.26. The van der Waals surface area contributed by atoms with Crippen LogP contribution in [-0.4, -0.2) is 60.3 Å². The molecule has 1 heterocycles. The molecular weight excluding hydrogens is 456 g/mol. The highest BCUT2D eigenvalue weighted by Gasteiger charge is 2.25. The molecule has 8 nitrogen and oxygen atoms in total. The number of ether oxygens (including phenoxy) is 2. The van der Waals surface area contributed by atoms with Gasteiger partial charge in [0.05, 0.1) is 25.5 Å². The monoisotopic (exact) mass is 500 g/mol. The van der Waals surface area contributed by atoms with E-state index in [0.717, 1.165) is 24.1 Å². The number of carbonyl (C=O) groups excluding carboxylic acids is 2. The minimum absolute atomic E-state index is 0.0320. The van der Waals surface area contributed by atoms with E-state index >= 15 is 0 Å². The van der Waals surface area contributed by atoms with E-state index < -0.39 is 0 Å². The zero-order valence-electron chi connectivity index (χ0n) is 23.3. The first kappa shape index (κ1) is 29.2. The number of benzene rings is 1. The third-order valence-electron chi connectivity index (χ3n) is 6.38. The quantitative estimate of drug-likeness (QED) is 0.394. The molecule has 0 spiro atoms. The van der Waals surface area contributed by atoms with E-state index in [2.05, 4.69) is 33.0 Å². The van der Waals surface area contributed by atoms with Gasteiger partial charge in [-0.3, -0.25) is 14.3 Å². The predicted octanol–water partition coefficient (Wildman–Crippen LogP) is 5.02. The fourth-order valence-corrected chi connectivity index (χ4v) is 4.24. The fraction of sp³-hybridized carbons (Fsp3) is 0.607. The lowest BCUT2D eigenvalue weighted by molar-refractivity contribution is -0.130. The number of rotatable bonds is 14. The van der Waals surface area contributed by atoms with E-state index in [1.165, 1.54) is 0 Å². The number of nitrogens with zero attached hydrogens (tertiary/aromatic N) is 3. The second-order valence-electron chi connectivity index (χ2n) is 9.97. The van der Waals surface area contributed by atoms with Crippen LogP contribution in [0.15, 0.2) is 24.3 Å². The van der Waals surface area contributed by atoms with Gasteiger partial charge in [0.15, 0.2) is 5.69 Å². The van der Waals surface area contributed by atoms with Crippen LogP contribution in [0.5, 0.6) is 11.5 Å². The van der Waals surface area contributed by atoms with Crippen molar-refractivity contribution in [2.75, 3.05) is 27.8 Å². The molecule has 1 aromatic heterocycles. The highest BCUT2D eigenvalue weighted by Crippen LogP contribution is 2.39. The first-order valence-electron chi connectivity index (χ1n) is 13.0. The maximum atomic E-state index is 13.4. The molecule has 8 heteroatoms. The maximum Gasteiger partial charge on any atom is 0.272 e. The summed E-state index contributed by atoms with van der Waals surface area (Å²) in [6.45, 7) is 11.9. The van der Waals surface area contributed by atoms with Crippen molar-refractivity contribution in [3.05, 3.63) is 30.0 Å². The number of nitrogens with one attached hydrogen (secondary N) is 1. The zero-order chi connectivity index (χ0) is 26.8. The van der Waals surface area contributed by atoms with Gasteiger partial charge in [0.25, 0.3) is 5.91 Å². The molecule has 0 aliphatic heterocycles. The van der Waals surface area contributed by atoms with Crippen molar-refractivity contribution in [2.45, 2.75) is 72.9 Å². The lowest BCUT2D eigenvalue weighted by Crippen LogP contribution is -2.40. The van der Waals surface area contributed by atoms with Crippen LogP contribution in [0.3, 0.4) is 0 Å². The van der Waals surface area contributed by atoms with Gasteiger partial charge < -0.3 is 19.7 Å². The molecule has 0 fully saturated rings. The molecule has 0 saturated heterocycles. The SMILES string of the molecule is CCCN(C)C(=O)C[C@H](CC(C)C)NC(=O)c1cc(-c2c(OC)cccc2OC)n(CC(C)CC)n1. The molecule has 200 valence electrons. The van der Waals surface area contributed by atoms with Gasteiger partial charge in [-0.15, -0.1) is 0 Å². The molecule has 0 saturated carbocycles. The first-order chi connectivity index (χ1) is 17.1. The molecule has 2 rings (SSSR count). The van der Waals surface area contributed by atoms with Gasteiger partial charge in [0, 0.05) is 32.6 Å². The number of hydrogen-bond donors (Lipinski definition) is 1. The summed E-state index contributed by atoms with van der Waals surface area (Å²) in [6, 6.07) is 7.13. The van der Waals surface area contributed by atoms with Gasteiger partial charge >= 0.3 is 0 Å². The van der Waals surface area contributed by atoms with Crippen LogP contribution < -0.4 is 14.8 Å². The van der Waals surface area contributed by atoms with E-state index in [1.807, 2.05) is 36.9 Å². The minimum atomic E-state index is -0.287. The molecule has 1 N–H and O–H groups in total. The highest BCUT2D eigenvalue weighted by molar-refractivity contribution is 5.94. The molecule has 0 radical (unpaired) electrons. The smallest absolute Gasteiger partial charge is 0.272 e. The summed E-state index contributed by atoms with van der Waals surface area (Å²) in [6.07, 6.45) is 2.85. The summed E-state index contributed by atoms with van der Waals surface area (Å²) >= 11 is 0. The van der Waals surface area contributed by atoms with Gasteiger partial charge in [-0.1, -0.05) is 47.1 Å². The van der Waals surface area contributed by atoms with Crippen molar-refractivity contribution in [3.8, 4) is 22.8 Å². The summed E-state index contributed by atoms with van der Waals surface area (Å²) in [4.78, 5) is 27.8. The van der Waals surface area contributed by atoms with Gasteiger partial charge in [-0.2, -0.15) is 5.10 Å². The number of carbonyl (C=O) groups is 2. The van der Waals surface area contributed by atoms with Crippen molar-refractivity contribution >= 4 is 11.8 Å². The fourth-order valence-electron chi connectivity index (χ4n) is 4.24. The van der Waals surface area contributed by atoms with Crippen molar-refractivity contribution < 1.29 is 19.1 Å². The molecule has 2 aromatic rings. The Balaban J connectivity index is 2.42. The molecule has 0 bridgehead atoms. The molecule has 36 heavy (non-hydrogen) atoms. The number of methoxy groups -OCH3 is 2. The minimum Gasteiger partial charge on any atom is -0.496 e. The molecular formula is C28H44N4O4. The van der Waals surface area contributed by atoms with Crippen LogP contribution in [0, 0.1) is 11.8 Å². The van der Waals surface area contributed by atoms with Crippen LogP contribution in [0.4, 0.5) is 0 Å². The van der Waals surface area contributed by atoms with Crippen LogP contribution in [-0.2, 0) is 11.3 Å². The van der Waals surface area contributed by atoms with Crippen molar-refractivity contribution in [3.63, 3.8) is 0 Å². The van der Waals surface area contributed by atoms with E-state index in [-0.39, 0.29) is 24.3 Å². The largest absolute Gasteiger partial charge is 0.496 e. The Morgan fingerprint density at radius 1 is 1.11 bits per heavy atom. The maximum absolute atomic E-state index is 13.4. The second kappa shape index (κ2) is 13.9. The van der Waals surface area contributed by atoms with Gasteiger partial charge in [-0.25, -0.2) is 0 Å². The lowest BCUT2D eigenvalue weighted by atomic mass is 10.00. The van der Waals surface area contributed by atoms with Crippen LogP contribution >= 0.6 is 0 Å². The summed E-state index contributed by atoms with van der Waals surface area (Å²) in [5.41, 5.74) is 1.82. The summed E-state index contributed by atoms with van der Waals surface area (Å²) in [7, 11) is 5.04. The summed E-state index contributed by atoms with van der Waals surface area (Å²) in [5.74, 6) is 1.73. The van der Waals surface area contributed by atoms with Gasteiger partial charge in [0.2, 0.25) is 5.91 Å². The van der Waals surface area contributed by atoms with Crippen molar-refractivity contribution in [2.24, 2.45) is 11.8 Å². The Bertz CT molecular complexity index is 979. The van der Waals surface area contributed by atoms with Crippen molar-refractivity contribution in [1.82, 2.24) is 20.0 Å². The summed E-state index contributed by atoms with van der Waals surface area (Å²) in [5, 5.41) is 7.78. The Kier molecular flexibility index (Phi) is 11.3. The zero-order valence-corrected chi connectivity index (χ0v) is 23.3. The van der Waals surface area contributed by atoms with E-state index in [4.69, 9.17) is 14.6 Å². The van der Waals surface area contributed by atoms with Gasteiger partial charge in [0.1, 0.15) is 11.5 Å². The predicted molar refractivity (Wildman–Crippen MR) is 143 cm³/mol. The van der Waals surface area contributed by atoms with Crippen LogP contribution in [0.1, 0.15) is 70.8 Å². The summed E-state index contributed by atoms with van der Waals surface area (Å²) < 4.78 is 13.1. The Labute approximate surface area is 216 Å². The lowest BCUT2D eigenvalue weighted by Gasteiger charge is -2.23. The second-order valence-corrected chi connectivity index (χ2v) is 9.97. The van der Waals surface area contributed by atoms with E-state index in [9.17, 15) is 9.59 Å². The van der Waals surface area contributed by atoms with Crippen LogP contribution in [0.25, 0.3) is 11.3 Å². The Hall–Kier alpha value is -3.03. The Morgan fingerprint density at radius 3 is 2.28 bits per heavy atom. The molecule has 2 amide bonds. The molecule has 0 aliphatic carbocycles. The standard InChI is InChI=1S/C28H44N4O4/c1-9-14-31(6)26(33)16-21(15-19(3)4)29-28(34)22-17-23(32(30-22)18-20(5)10-2)27-24(35-7)12-11-13-25(27)36-8/h11-13,17,19-21H,9-10,14-16,18H2,1-8H3,(H,29,34)/t20?,21-/m0/s1. The van der Waals surface area contributed by atoms with Crippen molar-refractivity contribution in [1.29, 1.82) is 0 Å². The molecule has 1 unspecified atom stereocenters. The molecule has 1 aromatic carbocycles.